The molecule has 2 aromatic carbocycles. The lowest BCUT2D eigenvalue weighted by Gasteiger charge is -2.11. The molecular weight excluding hydrogens is 328 g/mol. The molecule has 0 aliphatic rings. The molecule has 2 N–H and O–H groups in total. The van der Waals surface area contributed by atoms with E-state index < -0.39 is 0 Å². The van der Waals surface area contributed by atoms with Gasteiger partial charge in [0.25, 0.3) is 5.91 Å². The standard InChI is InChI=1S/C18H19ClN2O3/c1-3-24-11-17(22)20-16-10-13(8-9-14(16)19)18(23)21-15-7-5-4-6-12(15)2/h4-10H,3,11H2,1-2H3,(H,20,22)(H,21,23). The van der Waals surface area contributed by atoms with Crippen LogP contribution < -0.4 is 10.6 Å². The fourth-order valence-electron chi connectivity index (χ4n) is 2.05. The average Bonchev–Trinajstić information content (AvgIpc) is 2.57. The van der Waals surface area contributed by atoms with Crippen molar-refractivity contribution in [2.45, 2.75) is 13.8 Å². The number of hydrogen-bond acceptors (Lipinski definition) is 3. The summed E-state index contributed by atoms with van der Waals surface area (Å²) in [6.07, 6.45) is 0. The quantitative estimate of drug-likeness (QED) is 0.834. The summed E-state index contributed by atoms with van der Waals surface area (Å²) in [7, 11) is 0. The number of rotatable bonds is 6. The van der Waals surface area contributed by atoms with Crippen molar-refractivity contribution in [1.29, 1.82) is 0 Å². The van der Waals surface area contributed by atoms with Crippen molar-refractivity contribution in [3.05, 3.63) is 58.6 Å². The molecule has 0 radical (unpaired) electrons. The van der Waals surface area contributed by atoms with Crippen molar-refractivity contribution in [2.75, 3.05) is 23.8 Å². The second-order valence-corrected chi connectivity index (χ2v) is 5.56. The highest BCUT2D eigenvalue weighted by Crippen LogP contribution is 2.24. The van der Waals surface area contributed by atoms with Crippen LogP contribution in [0.15, 0.2) is 42.5 Å². The zero-order valence-electron chi connectivity index (χ0n) is 13.6. The molecule has 0 heterocycles. The van der Waals surface area contributed by atoms with E-state index in [9.17, 15) is 9.59 Å². The topological polar surface area (TPSA) is 67.4 Å². The first kappa shape index (κ1) is 18.0. The molecule has 5 nitrogen and oxygen atoms in total. The van der Waals surface area contributed by atoms with Crippen LogP contribution in [-0.2, 0) is 9.53 Å². The zero-order chi connectivity index (χ0) is 17.5. The Kier molecular flexibility index (Phi) is 6.35. The van der Waals surface area contributed by atoms with E-state index >= 15 is 0 Å². The van der Waals surface area contributed by atoms with Crippen molar-refractivity contribution >= 4 is 34.8 Å². The maximum atomic E-state index is 12.4. The summed E-state index contributed by atoms with van der Waals surface area (Å²) in [5.41, 5.74) is 2.47. The monoisotopic (exact) mass is 346 g/mol. The number of para-hydroxylation sites is 1. The first-order valence-corrected chi connectivity index (χ1v) is 7.93. The number of carbonyl (C=O) groups excluding carboxylic acids is 2. The van der Waals surface area contributed by atoms with Gasteiger partial charge in [0.15, 0.2) is 0 Å². The second kappa shape index (κ2) is 8.47. The molecule has 126 valence electrons. The number of hydrogen-bond donors (Lipinski definition) is 2. The molecule has 0 aliphatic heterocycles. The lowest BCUT2D eigenvalue weighted by Crippen LogP contribution is -2.19. The minimum Gasteiger partial charge on any atom is -0.372 e. The maximum Gasteiger partial charge on any atom is 0.255 e. The van der Waals surface area contributed by atoms with E-state index in [0.717, 1.165) is 11.3 Å². The van der Waals surface area contributed by atoms with Gasteiger partial charge in [-0.2, -0.15) is 0 Å². The average molecular weight is 347 g/mol. The van der Waals surface area contributed by atoms with E-state index in [1.807, 2.05) is 31.2 Å². The van der Waals surface area contributed by atoms with Crippen LogP contribution in [0.1, 0.15) is 22.8 Å². The van der Waals surface area contributed by atoms with E-state index in [0.29, 0.717) is 22.9 Å². The summed E-state index contributed by atoms with van der Waals surface area (Å²) in [4.78, 5) is 24.1. The van der Waals surface area contributed by atoms with Gasteiger partial charge < -0.3 is 15.4 Å². The molecule has 0 spiro atoms. The van der Waals surface area contributed by atoms with E-state index in [1.54, 1.807) is 25.1 Å². The lowest BCUT2D eigenvalue weighted by atomic mass is 10.1. The van der Waals surface area contributed by atoms with Gasteiger partial charge in [0.2, 0.25) is 5.91 Å². The number of benzene rings is 2. The number of amides is 2. The first-order chi connectivity index (χ1) is 11.5. The van der Waals surface area contributed by atoms with Gasteiger partial charge in [-0.05, 0) is 43.7 Å². The lowest BCUT2D eigenvalue weighted by molar-refractivity contribution is -0.120. The second-order valence-electron chi connectivity index (χ2n) is 5.15. The predicted octanol–water partition coefficient (Wildman–Crippen LogP) is 3.88. The molecule has 2 amide bonds. The van der Waals surface area contributed by atoms with Gasteiger partial charge in [-0.3, -0.25) is 9.59 Å². The molecule has 0 aromatic heterocycles. The van der Waals surface area contributed by atoms with Crippen LogP contribution in [0.5, 0.6) is 0 Å². The molecular formula is C18H19ClN2O3. The summed E-state index contributed by atoms with van der Waals surface area (Å²) in [5, 5.41) is 5.83. The fraction of sp³-hybridized carbons (Fsp3) is 0.222. The number of ether oxygens (including phenoxy) is 1. The summed E-state index contributed by atoms with van der Waals surface area (Å²) in [5.74, 6) is -0.600. The van der Waals surface area contributed by atoms with Crippen LogP contribution in [0, 0.1) is 6.92 Å². The number of carbonyl (C=O) groups is 2. The van der Waals surface area contributed by atoms with Gasteiger partial charge >= 0.3 is 0 Å². The Balaban J connectivity index is 2.13. The van der Waals surface area contributed by atoms with Gasteiger partial charge in [0.05, 0.1) is 10.7 Å². The Hall–Kier alpha value is -2.37. The van der Waals surface area contributed by atoms with Crippen LogP contribution >= 0.6 is 11.6 Å². The van der Waals surface area contributed by atoms with Crippen LogP contribution in [0.2, 0.25) is 5.02 Å². The minimum absolute atomic E-state index is 0.0630. The van der Waals surface area contributed by atoms with E-state index in [2.05, 4.69) is 10.6 Å². The Morgan fingerprint density at radius 3 is 2.54 bits per heavy atom. The third-order valence-electron chi connectivity index (χ3n) is 3.33. The van der Waals surface area contributed by atoms with Crippen LogP contribution in [0.25, 0.3) is 0 Å². The van der Waals surface area contributed by atoms with Crippen LogP contribution in [0.3, 0.4) is 0 Å². The molecule has 0 unspecified atom stereocenters. The Morgan fingerprint density at radius 1 is 1.08 bits per heavy atom. The van der Waals surface area contributed by atoms with Crippen LogP contribution in [0.4, 0.5) is 11.4 Å². The summed E-state index contributed by atoms with van der Waals surface area (Å²) >= 11 is 6.08. The van der Waals surface area contributed by atoms with Gasteiger partial charge in [-0.25, -0.2) is 0 Å². The van der Waals surface area contributed by atoms with Crippen molar-refractivity contribution in [2.24, 2.45) is 0 Å². The van der Waals surface area contributed by atoms with Crippen LogP contribution in [-0.4, -0.2) is 25.0 Å². The van der Waals surface area contributed by atoms with Crippen molar-refractivity contribution in [3.8, 4) is 0 Å². The van der Waals surface area contributed by atoms with Gasteiger partial charge in [-0.1, -0.05) is 29.8 Å². The smallest absolute Gasteiger partial charge is 0.255 e. The number of anilines is 2. The van der Waals surface area contributed by atoms with Gasteiger partial charge in [0, 0.05) is 17.9 Å². The molecule has 2 aromatic rings. The van der Waals surface area contributed by atoms with Crippen molar-refractivity contribution in [1.82, 2.24) is 0 Å². The Labute approximate surface area is 146 Å². The third-order valence-corrected chi connectivity index (χ3v) is 3.66. The van der Waals surface area contributed by atoms with Gasteiger partial charge in [0.1, 0.15) is 6.61 Å². The third kappa shape index (κ3) is 4.81. The summed E-state index contributed by atoms with van der Waals surface area (Å²) in [6.45, 7) is 4.10. The minimum atomic E-state index is -0.324. The Bertz CT molecular complexity index is 747. The highest BCUT2D eigenvalue weighted by molar-refractivity contribution is 6.34. The molecule has 0 atom stereocenters. The zero-order valence-corrected chi connectivity index (χ0v) is 14.3. The number of halogens is 1. The summed E-state index contributed by atoms with van der Waals surface area (Å²) in [6, 6.07) is 12.2. The molecule has 0 bridgehead atoms. The highest BCUT2D eigenvalue weighted by atomic mass is 35.5. The van der Waals surface area contributed by atoms with Crippen molar-refractivity contribution < 1.29 is 14.3 Å². The Morgan fingerprint density at radius 2 is 1.83 bits per heavy atom. The maximum absolute atomic E-state index is 12.4. The largest absolute Gasteiger partial charge is 0.372 e. The van der Waals surface area contributed by atoms with E-state index in [4.69, 9.17) is 16.3 Å². The van der Waals surface area contributed by atoms with E-state index in [-0.39, 0.29) is 18.4 Å². The number of nitrogens with one attached hydrogen (secondary N) is 2. The molecule has 0 fully saturated rings. The fourth-order valence-corrected chi connectivity index (χ4v) is 2.22. The molecule has 6 heteroatoms. The van der Waals surface area contributed by atoms with E-state index in [1.165, 1.54) is 0 Å². The first-order valence-electron chi connectivity index (χ1n) is 7.55. The molecule has 2 rings (SSSR count). The SMILES string of the molecule is CCOCC(=O)Nc1cc(C(=O)Nc2ccccc2C)ccc1Cl. The molecule has 24 heavy (non-hydrogen) atoms. The van der Waals surface area contributed by atoms with Crippen molar-refractivity contribution in [3.63, 3.8) is 0 Å². The molecule has 0 saturated heterocycles. The predicted molar refractivity (Wildman–Crippen MR) is 95.7 cm³/mol. The van der Waals surface area contributed by atoms with Gasteiger partial charge in [-0.15, -0.1) is 0 Å². The molecule has 0 aliphatic carbocycles. The molecule has 0 saturated carbocycles. The highest BCUT2D eigenvalue weighted by Gasteiger charge is 2.12. The number of aryl methyl sites for hydroxylation is 1. The normalized spacial score (nSPS) is 10.3. The summed E-state index contributed by atoms with van der Waals surface area (Å²) < 4.78 is 5.04.